The van der Waals surface area contributed by atoms with Gasteiger partial charge in [-0.2, -0.15) is 0 Å². The zero-order valence-corrected chi connectivity index (χ0v) is 14.7. The van der Waals surface area contributed by atoms with Crippen LogP contribution in [0.3, 0.4) is 0 Å². The normalized spacial score (nSPS) is 10.4. The van der Waals surface area contributed by atoms with Gasteiger partial charge >= 0.3 is 0 Å². The highest BCUT2D eigenvalue weighted by Gasteiger charge is 2.07. The molecule has 0 fully saturated rings. The van der Waals surface area contributed by atoms with Gasteiger partial charge in [0.1, 0.15) is 5.75 Å². The van der Waals surface area contributed by atoms with E-state index in [0.29, 0.717) is 12.8 Å². The van der Waals surface area contributed by atoms with Gasteiger partial charge in [0.2, 0.25) is 5.91 Å². The molecular formula is C18H20BrNO2. The SMILES string of the molecule is COc1ccc(CCC(=O)Nc2cc(C)ccc2C)cc1Br. The third-order valence-electron chi connectivity index (χ3n) is 3.52. The van der Waals surface area contributed by atoms with Gasteiger partial charge in [0.15, 0.2) is 0 Å². The molecular weight excluding hydrogens is 342 g/mol. The topological polar surface area (TPSA) is 38.3 Å². The van der Waals surface area contributed by atoms with Crippen LogP contribution in [0.4, 0.5) is 5.69 Å². The molecule has 0 aliphatic rings. The van der Waals surface area contributed by atoms with Crippen molar-refractivity contribution in [2.75, 3.05) is 12.4 Å². The van der Waals surface area contributed by atoms with Crippen LogP contribution in [0.1, 0.15) is 23.1 Å². The number of rotatable bonds is 5. The highest BCUT2D eigenvalue weighted by molar-refractivity contribution is 9.10. The summed E-state index contributed by atoms with van der Waals surface area (Å²) in [5.41, 5.74) is 4.20. The second-order valence-electron chi connectivity index (χ2n) is 5.34. The lowest BCUT2D eigenvalue weighted by atomic mass is 10.1. The number of methoxy groups -OCH3 is 1. The van der Waals surface area contributed by atoms with Crippen molar-refractivity contribution >= 4 is 27.5 Å². The highest BCUT2D eigenvalue weighted by atomic mass is 79.9. The Hall–Kier alpha value is -1.81. The number of hydrogen-bond acceptors (Lipinski definition) is 2. The molecule has 1 amide bonds. The second kappa shape index (κ2) is 7.45. The zero-order chi connectivity index (χ0) is 16.1. The standard InChI is InChI=1S/C18H20BrNO2/c1-12-4-5-13(2)16(10-12)20-18(21)9-7-14-6-8-17(22-3)15(19)11-14/h4-6,8,10-11H,7,9H2,1-3H3,(H,20,21). The molecule has 116 valence electrons. The lowest BCUT2D eigenvalue weighted by Crippen LogP contribution is -2.13. The molecule has 2 aromatic rings. The van der Waals surface area contributed by atoms with Gasteiger partial charge in [0.25, 0.3) is 0 Å². The van der Waals surface area contributed by atoms with Gasteiger partial charge in [0.05, 0.1) is 11.6 Å². The third-order valence-corrected chi connectivity index (χ3v) is 4.14. The molecule has 3 nitrogen and oxygen atoms in total. The number of carbonyl (C=O) groups excluding carboxylic acids is 1. The Morgan fingerprint density at radius 2 is 1.95 bits per heavy atom. The minimum absolute atomic E-state index is 0.0284. The summed E-state index contributed by atoms with van der Waals surface area (Å²) < 4.78 is 6.11. The van der Waals surface area contributed by atoms with E-state index in [-0.39, 0.29) is 5.91 Å². The molecule has 0 radical (unpaired) electrons. The lowest BCUT2D eigenvalue weighted by molar-refractivity contribution is -0.116. The van der Waals surface area contributed by atoms with Crippen LogP contribution >= 0.6 is 15.9 Å². The van der Waals surface area contributed by atoms with Crippen LogP contribution in [0.5, 0.6) is 5.75 Å². The van der Waals surface area contributed by atoms with Crippen LogP contribution < -0.4 is 10.1 Å². The van der Waals surface area contributed by atoms with Crippen LogP contribution in [-0.4, -0.2) is 13.0 Å². The van der Waals surface area contributed by atoms with Crippen molar-refractivity contribution < 1.29 is 9.53 Å². The maximum atomic E-state index is 12.1. The first kappa shape index (κ1) is 16.6. The smallest absolute Gasteiger partial charge is 0.224 e. The molecule has 0 aromatic heterocycles. The minimum atomic E-state index is 0.0284. The quantitative estimate of drug-likeness (QED) is 0.841. The van der Waals surface area contributed by atoms with Gasteiger partial charge in [-0.25, -0.2) is 0 Å². The van der Waals surface area contributed by atoms with E-state index < -0.39 is 0 Å². The molecule has 0 aliphatic carbocycles. The van der Waals surface area contributed by atoms with Gasteiger partial charge < -0.3 is 10.1 Å². The lowest BCUT2D eigenvalue weighted by Gasteiger charge is -2.10. The number of ether oxygens (including phenoxy) is 1. The molecule has 1 N–H and O–H groups in total. The Labute approximate surface area is 139 Å². The molecule has 2 rings (SSSR count). The summed E-state index contributed by atoms with van der Waals surface area (Å²) in [6, 6.07) is 11.9. The molecule has 0 heterocycles. The average Bonchev–Trinajstić information content (AvgIpc) is 2.49. The minimum Gasteiger partial charge on any atom is -0.496 e. The van der Waals surface area contributed by atoms with Crippen LogP contribution in [0.25, 0.3) is 0 Å². The molecule has 22 heavy (non-hydrogen) atoms. The summed E-state index contributed by atoms with van der Waals surface area (Å²) in [6.07, 6.45) is 1.14. The van der Waals surface area contributed by atoms with Crippen LogP contribution in [0.15, 0.2) is 40.9 Å². The number of amides is 1. The predicted octanol–water partition coefficient (Wildman–Crippen LogP) is 4.65. The van der Waals surface area contributed by atoms with E-state index in [1.54, 1.807) is 7.11 Å². The Kier molecular flexibility index (Phi) is 5.61. The third kappa shape index (κ3) is 4.34. The van der Waals surface area contributed by atoms with Crippen molar-refractivity contribution in [3.63, 3.8) is 0 Å². The van der Waals surface area contributed by atoms with E-state index in [9.17, 15) is 4.79 Å². The predicted molar refractivity (Wildman–Crippen MR) is 93.6 cm³/mol. The fourth-order valence-electron chi connectivity index (χ4n) is 2.21. The van der Waals surface area contributed by atoms with Crippen molar-refractivity contribution in [3.05, 3.63) is 57.6 Å². The Morgan fingerprint density at radius 1 is 1.18 bits per heavy atom. The monoisotopic (exact) mass is 361 g/mol. The maximum Gasteiger partial charge on any atom is 0.224 e. The number of aryl methyl sites for hydroxylation is 3. The van der Waals surface area contributed by atoms with Crippen molar-refractivity contribution in [1.82, 2.24) is 0 Å². The molecule has 0 saturated carbocycles. The van der Waals surface area contributed by atoms with Crippen LogP contribution in [0, 0.1) is 13.8 Å². The van der Waals surface area contributed by atoms with E-state index in [2.05, 4.69) is 21.2 Å². The Balaban J connectivity index is 1.95. The van der Waals surface area contributed by atoms with Gasteiger partial charge in [-0.3, -0.25) is 4.79 Å². The summed E-state index contributed by atoms with van der Waals surface area (Å²) in [7, 11) is 1.64. The first-order chi connectivity index (χ1) is 10.5. The van der Waals surface area contributed by atoms with E-state index >= 15 is 0 Å². The summed E-state index contributed by atoms with van der Waals surface area (Å²) in [5.74, 6) is 0.823. The molecule has 0 spiro atoms. The number of anilines is 1. The summed E-state index contributed by atoms with van der Waals surface area (Å²) in [4.78, 5) is 12.1. The Morgan fingerprint density at radius 3 is 2.64 bits per heavy atom. The first-order valence-corrected chi connectivity index (χ1v) is 7.98. The number of benzene rings is 2. The summed E-state index contributed by atoms with van der Waals surface area (Å²) in [6.45, 7) is 4.01. The molecule has 0 saturated heterocycles. The van der Waals surface area contributed by atoms with Gasteiger partial charge in [-0.05, 0) is 71.1 Å². The largest absolute Gasteiger partial charge is 0.496 e. The number of carbonyl (C=O) groups is 1. The molecule has 2 aromatic carbocycles. The molecule has 0 aliphatic heterocycles. The molecule has 0 bridgehead atoms. The van der Waals surface area contributed by atoms with Gasteiger partial charge in [-0.15, -0.1) is 0 Å². The van der Waals surface area contributed by atoms with Crippen LogP contribution in [0.2, 0.25) is 0 Å². The second-order valence-corrected chi connectivity index (χ2v) is 6.19. The van der Waals surface area contributed by atoms with Crippen molar-refractivity contribution in [2.45, 2.75) is 26.7 Å². The fourth-order valence-corrected chi connectivity index (χ4v) is 2.79. The summed E-state index contributed by atoms with van der Waals surface area (Å²) >= 11 is 3.46. The van der Waals surface area contributed by atoms with E-state index in [0.717, 1.165) is 32.6 Å². The van der Waals surface area contributed by atoms with Crippen molar-refractivity contribution in [2.24, 2.45) is 0 Å². The highest BCUT2D eigenvalue weighted by Crippen LogP contribution is 2.26. The van der Waals surface area contributed by atoms with Crippen molar-refractivity contribution in [3.8, 4) is 5.75 Å². The molecule has 0 unspecified atom stereocenters. The number of halogens is 1. The van der Waals surface area contributed by atoms with Crippen LogP contribution in [-0.2, 0) is 11.2 Å². The van der Waals surface area contributed by atoms with E-state index in [4.69, 9.17) is 4.74 Å². The van der Waals surface area contributed by atoms with Crippen molar-refractivity contribution in [1.29, 1.82) is 0 Å². The fraction of sp³-hybridized carbons (Fsp3) is 0.278. The molecule has 0 atom stereocenters. The number of hydrogen-bond donors (Lipinski definition) is 1. The van der Waals surface area contributed by atoms with E-state index in [1.807, 2.05) is 50.2 Å². The molecule has 4 heteroatoms. The van der Waals surface area contributed by atoms with E-state index in [1.165, 1.54) is 0 Å². The number of nitrogens with one attached hydrogen (secondary N) is 1. The summed E-state index contributed by atoms with van der Waals surface area (Å²) in [5, 5.41) is 2.98. The van der Waals surface area contributed by atoms with Gasteiger partial charge in [0, 0.05) is 12.1 Å². The average molecular weight is 362 g/mol. The Bertz CT molecular complexity index is 683. The van der Waals surface area contributed by atoms with Gasteiger partial charge in [-0.1, -0.05) is 18.2 Å². The zero-order valence-electron chi connectivity index (χ0n) is 13.1. The maximum absolute atomic E-state index is 12.1. The first-order valence-electron chi connectivity index (χ1n) is 7.19.